The van der Waals surface area contributed by atoms with E-state index in [0.29, 0.717) is 0 Å². The third-order valence-electron chi connectivity index (χ3n) is 3.92. The number of nitrogens with zero attached hydrogens (tertiary/aromatic N) is 1. The van der Waals surface area contributed by atoms with E-state index in [4.69, 9.17) is 14.2 Å². The van der Waals surface area contributed by atoms with Crippen LogP contribution in [0, 0.1) is 0 Å². The van der Waals surface area contributed by atoms with Gasteiger partial charge in [0.2, 0.25) is 0 Å². The largest absolute Gasteiger partial charge is 0.493 e. The van der Waals surface area contributed by atoms with Gasteiger partial charge in [-0.1, -0.05) is 12.1 Å². The van der Waals surface area contributed by atoms with Gasteiger partial charge in [0.25, 0.3) is 11.8 Å². The Morgan fingerprint density at radius 3 is 2.00 bits per heavy atom. The first kappa shape index (κ1) is 16.5. The summed E-state index contributed by atoms with van der Waals surface area (Å²) >= 11 is 0. The highest BCUT2D eigenvalue weighted by Gasteiger charge is 2.39. The maximum absolute atomic E-state index is 12.7. The summed E-state index contributed by atoms with van der Waals surface area (Å²) in [5.74, 6) is -1.24. The number of amides is 2. The number of hydrogen-bond donors (Lipinski definition) is 0. The number of anilines is 1. The zero-order valence-electron chi connectivity index (χ0n) is 13.9. The average molecular weight is 341 g/mol. The number of hydrogen-bond acceptors (Lipinski definition) is 6. The van der Waals surface area contributed by atoms with Crippen molar-refractivity contribution in [3.05, 3.63) is 53.1 Å². The number of fused-ring (bicyclic) bond motifs is 1. The molecule has 0 N–H and O–H groups in total. The van der Waals surface area contributed by atoms with Crippen LogP contribution in [0.2, 0.25) is 0 Å². The van der Waals surface area contributed by atoms with Gasteiger partial charge in [-0.2, -0.15) is 0 Å². The van der Waals surface area contributed by atoms with Crippen molar-refractivity contribution >= 4 is 23.5 Å². The van der Waals surface area contributed by atoms with Crippen LogP contribution in [0.15, 0.2) is 36.4 Å². The van der Waals surface area contributed by atoms with Crippen molar-refractivity contribution in [3.8, 4) is 11.5 Å². The summed E-state index contributed by atoms with van der Waals surface area (Å²) in [5.41, 5.74) is 0.828. The molecule has 0 saturated heterocycles. The fourth-order valence-corrected chi connectivity index (χ4v) is 2.75. The van der Waals surface area contributed by atoms with E-state index >= 15 is 0 Å². The molecule has 0 spiro atoms. The average Bonchev–Trinajstić information content (AvgIpc) is 2.90. The predicted molar refractivity (Wildman–Crippen MR) is 88.5 cm³/mol. The van der Waals surface area contributed by atoms with Gasteiger partial charge >= 0.3 is 5.97 Å². The maximum atomic E-state index is 12.7. The summed E-state index contributed by atoms with van der Waals surface area (Å²) in [7, 11) is 4.02. The molecule has 0 radical (unpaired) electrons. The molecule has 0 aromatic heterocycles. The summed E-state index contributed by atoms with van der Waals surface area (Å²) in [6.07, 6.45) is 0. The zero-order chi connectivity index (χ0) is 18.1. The number of rotatable bonds is 4. The lowest BCUT2D eigenvalue weighted by molar-refractivity contribution is 0.0599. The number of imide groups is 1. The molecular formula is C18H15NO6. The van der Waals surface area contributed by atoms with Gasteiger partial charge in [0.1, 0.15) is 0 Å². The van der Waals surface area contributed by atoms with E-state index in [2.05, 4.69) is 0 Å². The molecule has 3 rings (SSSR count). The predicted octanol–water partition coefficient (Wildman–Crippen LogP) is 2.29. The van der Waals surface area contributed by atoms with E-state index in [1.54, 1.807) is 24.3 Å². The molecule has 2 aromatic rings. The fraction of sp³-hybridized carbons (Fsp3) is 0.167. The molecule has 2 aromatic carbocycles. The molecule has 128 valence electrons. The molecule has 1 aliphatic rings. The lowest BCUT2D eigenvalue weighted by Crippen LogP contribution is -2.30. The van der Waals surface area contributed by atoms with Gasteiger partial charge in [-0.25, -0.2) is 9.69 Å². The van der Waals surface area contributed by atoms with Crippen molar-refractivity contribution < 1.29 is 28.6 Å². The van der Waals surface area contributed by atoms with Crippen LogP contribution in [-0.2, 0) is 4.74 Å². The monoisotopic (exact) mass is 341 g/mol. The van der Waals surface area contributed by atoms with E-state index in [-0.39, 0.29) is 33.9 Å². The quantitative estimate of drug-likeness (QED) is 0.627. The van der Waals surface area contributed by atoms with Gasteiger partial charge in [0.05, 0.1) is 43.7 Å². The molecule has 7 nitrogen and oxygen atoms in total. The second-order valence-electron chi connectivity index (χ2n) is 5.21. The van der Waals surface area contributed by atoms with Crippen molar-refractivity contribution in [2.75, 3.05) is 26.2 Å². The topological polar surface area (TPSA) is 82.1 Å². The molecule has 0 fully saturated rings. The van der Waals surface area contributed by atoms with E-state index < -0.39 is 17.8 Å². The molecule has 2 amide bonds. The number of esters is 1. The van der Waals surface area contributed by atoms with Crippen LogP contribution >= 0.6 is 0 Å². The third-order valence-corrected chi connectivity index (χ3v) is 3.92. The Balaban J connectivity index is 2.21. The van der Waals surface area contributed by atoms with Gasteiger partial charge in [-0.15, -0.1) is 0 Å². The lowest BCUT2D eigenvalue weighted by atomic mass is 10.1. The Hall–Kier alpha value is -3.35. The Labute approximate surface area is 143 Å². The van der Waals surface area contributed by atoms with Crippen molar-refractivity contribution in [1.29, 1.82) is 0 Å². The Morgan fingerprint density at radius 2 is 1.52 bits per heavy atom. The van der Waals surface area contributed by atoms with Crippen molar-refractivity contribution in [2.45, 2.75) is 0 Å². The van der Waals surface area contributed by atoms with Crippen LogP contribution < -0.4 is 14.4 Å². The van der Waals surface area contributed by atoms with Gasteiger partial charge in [-0.05, 0) is 24.3 Å². The molecule has 1 aliphatic heterocycles. The number of methoxy groups -OCH3 is 3. The van der Waals surface area contributed by atoms with Crippen LogP contribution in [0.5, 0.6) is 11.5 Å². The van der Waals surface area contributed by atoms with Gasteiger partial charge < -0.3 is 14.2 Å². The Morgan fingerprint density at radius 1 is 0.920 bits per heavy atom. The summed E-state index contributed by atoms with van der Waals surface area (Å²) in [5, 5.41) is 0. The standard InChI is InChI=1S/C18H15NO6/c1-23-14-9-10(18(22)25-3)8-13(15(14)24-2)19-16(20)11-6-4-5-7-12(11)17(19)21/h4-9H,1-3H3. The van der Waals surface area contributed by atoms with E-state index in [0.717, 1.165) is 4.90 Å². The van der Waals surface area contributed by atoms with Crippen LogP contribution in [0.4, 0.5) is 5.69 Å². The molecule has 0 bridgehead atoms. The number of ether oxygens (including phenoxy) is 3. The highest BCUT2D eigenvalue weighted by molar-refractivity contribution is 6.35. The first-order valence-corrected chi connectivity index (χ1v) is 7.35. The SMILES string of the molecule is COC(=O)c1cc(OC)c(OC)c(N2C(=O)c3ccccc3C2=O)c1. The normalized spacial score (nSPS) is 12.8. The number of carbonyl (C=O) groups excluding carboxylic acids is 3. The molecule has 0 saturated carbocycles. The molecule has 7 heteroatoms. The molecular weight excluding hydrogens is 326 g/mol. The highest BCUT2D eigenvalue weighted by atomic mass is 16.5. The molecule has 0 unspecified atom stereocenters. The van der Waals surface area contributed by atoms with E-state index in [1.165, 1.54) is 33.5 Å². The number of carbonyl (C=O) groups is 3. The lowest BCUT2D eigenvalue weighted by Gasteiger charge is -2.20. The first-order valence-electron chi connectivity index (χ1n) is 7.35. The van der Waals surface area contributed by atoms with Crippen molar-refractivity contribution in [1.82, 2.24) is 0 Å². The van der Waals surface area contributed by atoms with Crippen LogP contribution in [0.1, 0.15) is 31.1 Å². The molecule has 25 heavy (non-hydrogen) atoms. The second kappa shape index (κ2) is 6.27. The second-order valence-corrected chi connectivity index (χ2v) is 5.21. The van der Waals surface area contributed by atoms with Gasteiger partial charge in [-0.3, -0.25) is 9.59 Å². The van der Waals surface area contributed by atoms with Crippen molar-refractivity contribution in [2.24, 2.45) is 0 Å². The maximum Gasteiger partial charge on any atom is 0.338 e. The molecule has 0 aliphatic carbocycles. The summed E-state index contributed by atoms with van der Waals surface area (Å²) < 4.78 is 15.3. The zero-order valence-corrected chi connectivity index (χ0v) is 13.9. The third kappa shape index (κ3) is 2.50. The number of benzene rings is 2. The van der Waals surface area contributed by atoms with Gasteiger partial charge in [0, 0.05) is 0 Å². The van der Waals surface area contributed by atoms with Crippen molar-refractivity contribution in [3.63, 3.8) is 0 Å². The highest BCUT2D eigenvalue weighted by Crippen LogP contribution is 2.42. The van der Waals surface area contributed by atoms with Crippen LogP contribution in [-0.4, -0.2) is 39.1 Å². The molecule has 0 atom stereocenters. The summed E-state index contributed by atoms with van der Waals surface area (Å²) in [6, 6.07) is 9.29. The summed E-state index contributed by atoms with van der Waals surface area (Å²) in [6.45, 7) is 0. The summed E-state index contributed by atoms with van der Waals surface area (Å²) in [4.78, 5) is 38.3. The van der Waals surface area contributed by atoms with Gasteiger partial charge in [0.15, 0.2) is 11.5 Å². The fourth-order valence-electron chi connectivity index (χ4n) is 2.75. The van der Waals surface area contributed by atoms with E-state index in [1.807, 2.05) is 0 Å². The molecule has 1 heterocycles. The minimum absolute atomic E-state index is 0.119. The van der Waals surface area contributed by atoms with Crippen LogP contribution in [0.25, 0.3) is 0 Å². The minimum atomic E-state index is -0.626. The Bertz CT molecular complexity index is 854. The smallest absolute Gasteiger partial charge is 0.338 e. The van der Waals surface area contributed by atoms with E-state index in [9.17, 15) is 14.4 Å². The Kier molecular flexibility index (Phi) is 4.14. The van der Waals surface area contributed by atoms with Crippen LogP contribution in [0.3, 0.4) is 0 Å². The first-order chi connectivity index (χ1) is 12.0. The minimum Gasteiger partial charge on any atom is -0.493 e.